The topological polar surface area (TPSA) is 78.6 Å². The summed E-state index contributed by atoms with van der Waals surface area (Å²) in [6.45, 7) is 4.86. The van der Waals surface area contributed by atoms with Gasteiger partial charge in [-0.15, -0.1) is 0 Å². The molecule has 2 heterocycles. The zero-order valence-electron chi connectivity index (χ0n) is 15.1. The molecule has 2 aromatic rings. The number of hydrogen-bond donors (Lipinski definition) is 2. The molecule has 2 N–H and O–H groups in total. The molecule has 1 unspecified atom stereocenters. The number of hydrogen-bond acceptors (Lipinski definition) is 4. The molecule has 0 bridgehead atoms. The van der Waals surface area contributed by atoms with Crippen LogP contribution in [0.1, 0.15) is 31.9 Å². The summed E-state index contributed by atoms with van der Waals surface area (Å²) in [6.07, 6.45) is 5.91. The number of rotatable bonds is 6. The summed E-state index contributed by atoms with van der Waals surface area (Å²) in [5, 5.41) is 21.4. The Morgan fingerprint density at radius 2 is 1.96 bits per heavy atom. The highest BCUT2D eigenvalue weighted by molar-refractivity contribution is 6.35. The Morgan fingerprint density at radius 1 is 1.22 bits per heavy atom. The van der Waals surface area contributed by atoms with Crippen LogP contribution < -0.4 is 0 Å². The van der Waals surface area contributed by atoms with E-state index in [1.54, 1.807) is 23.5 Å². The van der Waals surface area contributed by atoms with E-state index >= 15 is 0 Å². The summed E-state index contributed by atoms with van der Waals surface area (Å²) in [6, 6.07) is 2.42. The van der Waals surface area contributed by atoms with E-state index < -0.39 is 11.9 Å². The Balaban J connectivity index is 1.95. The molecule has 1 aliphatic rings. The summed E-state index contributed by atoms with van der Waals surface area (Å²) >= 11 is 12.2. The van der Waals surface area contributed by atoms with Crippen molar-refractivity contribution in [2.75, 3.05) is 6.54 Å². The Morgan fingerprint density at radius 3 is 2.59 bits per heavy atom. The minimum atomic E-state index is -0.614. The fraction of sp³-hybridized carbons (Fsp3) is 0.368. The lowest BCUT2D eigenvalue weighted by atomic mass is 9.90. The van der Waals surface area contributed by atoms with Gasteiger partial charge in [0.1, 0.15) is 5.75 Å². The van der Waals surface area contributed by atoms with Crippen molar-refractivity contribution >= 4 is 29.1 Å². The zero-order valence-corrected chi connectivity index (χ0v) is 16.6. The summed E-state index contributed by atoms with van der Waals surface area (Å²) < 4.78 is 1.92. The van der Waals surface area contributed by atoms with Gasteiger partial charge in [-0.05, 0) is 24.5 Å². The standard InChI is InChI=1S/C19H21Cl2N3O3/c1-11(2)15-16(13-8-12(20)9-14(21)17(13)25)24(19(27)18(15)26)6-3-5-23-7-4-22-10-23/h4,7-11,16,25-26H,3,5-6H2,1-2H3. The van der Waals surface area contributed by atoms with E-state index in [2.05, 4.69) is 4.98 Å². The van der Waals surface area contributed by atoms with Gasteiger partial charge >= 0.3 is 0 Å². The average molecular weight is 410 g/mol. The van der Waals surface area contributed by atoms with Crippen LogP contribution in [0, 0.1) is 5.92 Å². The largest absolute Gasteiger partial charge is 0.506 e. The Labute approximate surface area is 167 Å². The molecule has 1 aromatic heterocycles. The van der Waals surface area contributed by atoms with Gasteiger partial charge in [0.2, 0.25) is 0 Å². The number of aliphatic hydroxyl groups is 1. The molecule has 0 saturated carbocycles. The van der Waals surface area contributed by atoms with Gasteiger partial charge in [-0.25, -0.2) is 4.98 Å². The van der Waals surface area contributed by atoms with E-state index in [0.717, 1.165) is 0 Å². The van der Waals surface area contributed by atoms with Gasteiger partial charge < -0.3 is 19.7 Å². The summed E-state index contributed by atoms with van der Waals surface area (Å²) in [4.78, 5) is 18.3. The van der Waals surface area contributed by atoms with Crippen molar-refractivity contribution in [1.29, 1.82) is 0 Å². The minimum Gasteiger partial charge on any atom is -0.506 e. The lowest BCUT2D eigenvalue weighted by molar-refractivity contribution is -0.129. The van der Waals surface area contributed by atoms with Crippen molar-refractivity contribution < 1.29 is 15.0 Å². The molecule has 1 aliphatic heterocycles. The quantitative estimate of drug-likeness (QED) is 0.743. The van der Waals surface area contributed by atoms with Gasteiger partial charge in [-0.1, -0.05) is 37.0 Å². The third-order valence-corrected chi connectivity index (χ3v) is 5.20. The maximum Gasteiger partial charge on any atom is 0.289 e. The number of aliphatic hydroxyl groups excluding tert-OH is 1. The van der Waals surface area contributed by atoms with E-state index in [9.17, 15) is 15.0 Å². The van der Waals surface area contributed by atoms with Crippen molar-refractivity contribution in [2.24, 2.45) is 5.92 Å². The first-order valence-corrected chi connectivity index (χ1v) is 9.44. The van der Waals surface area contributed by atoms with Crippen LogP contribution >= 0.6 is 23.2 Å². The molecular formula is C19H21Cl2N3O3. The molecule has 0 radical (unpaired) electrons. The SMILES string of the molecule is CC(C)C1=C(O)C(=O)N(CCCn2ccnc2)C1c1cc(Cl)cc(Cl)c1O. The van der Waals surface area contributed by atoms with Crippen LogP contribution in [0.4, 0.5) is 0 Å². The number of halogens is 2. The van der Waals surface area contributed by atoms with E-state index in [4.69, 9.17) is 23.2 Å². The molecule has 3 rings (SSSR count). The van der Waals surface area contributed by atoms with Gasteiger partial charge in [-0.2, -0.15) is 0 Å². The molecule has 0 aliphatic carbocycles. The van der Waals surface area contributed by atoms with E-state index in [0.29, 0.717) is 35.7 Å². The fourth-order valence-corrected chi connectivity index (χ4v) is 3.98. The molecule has 0 spiro atoms. The smallest absolute Gasteiger partial charge is 0.289 e. The number of carbonyl (C=O) groups is 1. The van der Waals surface area contributed by atoms with Crippen molar-refractivity contribution in [3.63, 3.8) is 0 Å². The summed E-state index contributed by atoms with van der Waals surface area (Å²) in [5.74, 6) is -0.959. The molecule has 6 nitrogen and oxygen atoms in total. The number of aromatic nitrogens is 2. The van der Waals surface area contributed by atoms with Gasteiger partial charge in [0.15, 0.2) is 5.76 Å². The van der Waals surface area contributed by atoms with E-state index in [1.165, 1.54) is 6.07 Å². The Bertz CT molecular complexity index is 879. The molecule has 0 fully saturated rings. The molecule has 1 atom stereocenters. The monoisotopic (exact) mass is 409 g/mol. The Kier molecular flexibility index (Phi) is 5.67. The van der Waals surface area contributed by atoms with Crippen LogP contribution in [-0.2, 0) is 11.3 Å². The number of aryl methyl sites for hydroxylation is 1. The van der Waals surface area contributed by atoms with Crippen LogP contribution in [0.15, 0.2) is 42.2 Å². The second-order valence-corrected chi connectivity index (χ2v) is 7.68. The first-order valence-electron chi connectivity index (χ1n) is 8.69. The summed E-state index contributed by atoms with van der Waals surface area (Å²) in [7, 11) is 0. The molecular weight excluding hydrogens is 389 g/mol. The highest BCUT2D eigenvalue weighted by atomic mass is 35.5. The number of imidazole rings is 1. The number of phenolic OH excluding ortho intramolecular Hbond substituents is 1. The second-order valence-electron chi connectivity index (χ2n) is 6.84. The first-order chi connectivity index (χ1) is 12.8. The van der Waals surface area contributed by atoms with Crippen LogP contribution in [-0.4, -0.2) is 37.1 Å². The molecule has 1 amide bonds. The van der Waals surface area contributed by atoms with Crippen LogP contribution in [0.3, 0.4) is 0 Å². The van der Waals surface area contributed by atoms with Crippen molar-refractivity contribution in [3.8, 4) is 5.75 Å². The zero-order chi connectivity index (χ0) is 19.7. The molecule has 1 aromatic carbocycles. The molecule has 144 valence electrons. The maximum absolute atomic E-state index is 12.7. The van der Waals surface area contributed by atoms with E-state index in [-0.39, 0.29) is 22.4 Å². The first kappa shape index (κ1) is 19.6. The Hall–Kier alpha value is -2.18. The van der Waals surface area contributed by atoms with Crippen molar-refractivity contribution in [2.45, 2.75) is 32.9 Å². The van der Waals surface area contributed by atoms with Crippen molar-refractivity contribution in [1.82, 2.24) is 14.5 Å². The van der Waals surface area contributed by atoms with Crippen molar-refractivity contribution in [3.05, 3.63) is 57.8 Å². The number of benzene rings is 1. The number of amides is 1. The lowest BCUT2D eigenvalue weighted by Crippen LogP contribution is -2.32. The third-order valence-electron chi connectivity index (χ3n) is 4.69. The van der Waals surface area contributed by atoms with Gasteiger partial charge in [0.25, 0.3) is 5.91 Å². The van der Waals surface area contributed by atoms with Gasteiger partial charge in [-0.3, -0.25) is 4.79 Å². The van der Waals surface area contributed by atoms with Gasteiger partial charge in [0, 0.05) is 41.6 Å². The fourth-order valence-electron chi connectivity index (χ4n) is 3.47. The third kappa shape index (κ3) is 3.77. The number of carbonyl (C=O) groups excluding carboxylic acids is 1. The lowest BCUT2D eigenvalue weighted by Gasteiger charge is -2.29. The molecule has 0 saturated heterocycles. The predicted octanol–water partition coefficient (Wildman–Crippen LogP) is 4.34. The second kappa shape index (κ2) is 7.82. The number of phenols is 1. The van der Waals surface area contributed by atoms with Crippen LogP contribution in [0.25, 0.3) is 0 Å². The van der Waals surface area contributed by atoms with Gasteiger partial charge in [0.05, 0.1) is 17.4 Å². The normalized spacial score (nSPS) is 17.4. The maximum atomic E-state index is 12.7. The highest BCUT2D eigenvalue weighted by Gasteiger charge is 2.42. The predicted molar refractivity (Wildman–Crippen MR) is 104 cm³/mol. The summed E-state index contributed by atoms with van der Waals surface area (Å²) in [5.41, 5.74) is 0.965. The molecule has 27 heavy (non-hydrogen) atoms. The number of nitrogens with zero attached hydrogens (tertiary/aromatic N) is 3. The highest BCUT2D eigenvalue weighted by Crippen LogP contribution is 2.46. The van der Waals surface area contributed by atoms with E-state index in [1.807, 2.05) is 24.6 Å². The minimum absolute atomic E-state index is 0.102. The van der Waals surface area contributed by atoms with Crippen LogP contribution in [0.5, 0.6) is 5.75 Å². The number of aromatic hydroxyl groups is 1. The van der Waals surface area contributed by atoms with Crippen LogP contribution in [0.2, 0.25) is 10.0 Å². The average Bonchev–Trinajstić information content (AvgIpc) is 3.20. The molecule has 8 heteroatoms.